The molecule has 1 rings (SSSR count). The summed E-state index contributed by atoms with van der Waals surface area (Å²) in [6, 6.07) is 3.35. The van der Waals surface area contributed by atoms with Crippen molar-refractivity contribution in [1.29, 1.82) is 5.26 Å². The third kappa shape index (κ3) is 2.94. The van der Waals surface area contributed by atoms with Gasteiger partial charge in [-0.1, -0.05) is 0 Å². The Morgan fingerprint density at radius 1 is 1.57 bits per heavy atom. The molecular weight excluding hydrogens is 190 g/mol. The van der Waals surface area contributed by atoms with Crippen LogP contribution in [0.4, 0.5) is 14.6 Å². The van der Waals surface area contributed by atoms with Gasteiger partial charge < -0.3 is 5.32 Å². The summed E-state index contributed by atoms with van der Waals surface area (Å²) in [4.78, 5) is 0. The van der Waals surface area contributed by atoms with E-state index in [2.05, 4.69) is 15.5 Å². The molecule has 0 aliphatic carbocycles. The molecule has 0 spiro atoms. The van der Waals surface area contributed by atoms with Gasteiger partial charge in [-0.25, -0.2) is 8.78 Å². The van der Waals surface area contributed by atoms with E-state index in [4.69, 9.17) is 5.26 Å². The first-order valence-electron chi connectivity index (χ1n) is 3.98. The van der Waals surface area contributed by atoms with Crippen LogP contribution in [-0.2, 0) is 0 Å². The van der Waals surface area contributed by atoms with Gasteiger partial charge in [-0.15, -0.1) is 5.10 Å². The molecule has 6 heteroatoms. The number of anilines is 1. The van der Waals surface area contributed by atoms with Gasteiger partial charge in [-0.05, 0) is 6.07 Å². The quantitative estimate of drug-likeness (QED) is 0.794. The topological polar surface area (TPSA) is 61.6 Å². The summed E-state index contributed by atoms with van der Waals surface area (Å²) in [5, 5.41) is 18.4. The molecule has 0 amide bonds. The third-order valence-electron chi connectivity index (χ3n) is 1.50. The highest BCUT2D eigenvalue weighted by Crippen LogP contribution is 2.08. The lowest BCUT2D eigenvalue weighted by Gasteiger charge is -2.04. The van der Waals surface area contributed by atoms with Crippen molar-refractivity contribution in [3.8, 4) is 6.07 Å². The lowest BCUT2D eigenvalue weighted by Crippen LogP contribution is -2.09. The van der Waals surface area contributed by atoms with Crippen LogP contribution in [0, 0.1) is 11.3 Å². The average molecular weight is 198 g/mol. The summed E-state index contributed by atoms with van der Waals surface area (Å²) in [6.45, 7) is 0.0744. The Morgan fingerprint density at radius 3 is 3.00 bits per heavy atom. The molecule has 0 aromatic carbocycles. The first kappa shape index (κ1) is 10.3. The van der Waals surface area contributed by atoms with Gasteiger partial charge in [0.15, 0.2) is 5.82 Å². The molecule has 0 saturated carbocycles. The Kier molecular flexibility index (Phi) is 3.73. The van der Waals surface area contributed by atoms with Crippen LogP contribution >= 0.6 is 0 Å². The average Bonchev–Trinajstić information content (AvgIpc) is 2.18. The highest BCUT2D eigenvalue weighted by Gasteiger charge is 2.05. The highest BCUT2D eigenvalue weighted by molar-refractivity contribution is 5.49. The van der Waals surface area contributed by atoms with Crippen molar-refractivity contribution < 1.29 is 8.78 Å². The van der Waals surface area contributed by atoms with Crippen molar-refractivity contribution in [2.45, 2.75) is 12.8 Å². The zero-order chi connectivity index (χ0) is 10.4. The van der Waals surface area contributed by atoms with Gasteiger partial charge in [-0.2, -0.15) is 10.4 Å². The number of nitriles is 1. The fraction of sp³-hybridized carbons (Fsp3) is 0.375. The Bertz CT molecular complexity index is 334. The Balaban J connectivity index is 2.54. The molecule has 4 nitrogen and oxygen atoms in total. The zero-order valence-electron chi connectivity index (χ0n) is 7.24. The summed E-state index contributed by atoms with van der Waals surface area (Å²) in [5.74, 6) is 0.246. The molecule has 0 bridgehead atoms. The number of nitrogens with one attached hydrogen (secondary N) is 1. The molecule has 0 saturated heterocycles. The maximum atomic E-state index is 11.8. The highest BCUT2D eigenvalue weighted by atomic mass is 19.3. The van der Waals surface area contributed by atoms with E-state index in [0.29, 0.717) is 5.56 Å². The predicted molar refractivity (Wildman–Crippen MR) is 45.9 cm³/mol. The van der Waals surface area contributed by atoms with E-state index >= 15 is 0 Å². The fourth-order valence-corrected chi connectivity index (χ4v) is 0.852. The molecule has 0 atom stereocenters. The molecule has 14 heavy (non-hydrogen) atoms. The van der Waals surface area contributed by atoms with E-state index in [-0.39, 0.29) is 18.8 Å². The number of hydrogen-bond donors (Lipinski definition) is 1. The second-order valence-electron chi connectivity index (χ2n) is 2.51. The summed E-state index contributed by atoms with van der Waals surface area (Å²) >= 11 is 0. The van der Waals surface area contributed by atoms with Crippen LogP contribution in [-0.4, -0.2) is 23.2 Å². The predicted octanol–water partition coefficient (Wildman–Crippen LogP) is 1.42. The van der Waals surface area contributed by atoms with Gasteiger partial charge in [0.05, 0.1) is 11.8 Å². The van der Waals surface area contributed by atoms with Crippen LogP contribution in [0.1, 0.15) is 12.0 Å². The van der Waals surface area contributed by atoms with Gasteiger partial charge >= 0.3 is 0 Å². The maximum Gasteiger partial charge on any atom is 0.240 e. The van der Waals surface area contributed by atoms with Gasteiger partial charge in [0, 0.05) is 13.0 Å². The second kappa shape index (κ2) is 5.07. The monoisotopic (exact) mass is 198 g/mol. The lowest BCUT2D eigenvalue weighted by atomic mass is 10.3. The molecular formula is C8H8F2N4. The first-order valence-corrected chi connectivity index (χ1v) is 3.98. The Hall–Kier alpha value is -1.77. The van der Waals surface area contributed by atoms with Gasteiger partial charge in [0.1, 0.15) is 6.07 Å². The Morgan fingerprint density at radius 2 is 2.36 bits per heavy atom. The number of nitrogens with zero attached hydrogens (tertiary/aromatic N) is 3. The van der Waals surface area contributed by atoms with Crippen molar-refractivity contribution in [2.24, 2.45) is 0 Å². The molecule has 1 aromatic heterocycles. The second-order valence-corrected chi connectivity index (χ2v) is 2.51. The molecule has 0 radical (unpaired) electrons. The van der Waals surface area contributed by atoms with Gasteiger partial charge in [0.2, 0.25) is 6.43 Å². The number of aromatic nitrogens is 2. The minimum Gasteiger partial charge on any atom is -0.367 e. The molecule has 1 aromatic rings. The van der Waals surface area contributed by atoms with Crippen molar-refractivity contribution in [1.82, 2.24) is 10.2 Å². The fourth-order valence-electron chi connectivity index (χ4n) is 0.852. The summed E-state index contributed by atoms with van der Waals surface area (Å²) in [6.07, 6.45) is -1.26. The summed E-state index contributed by atoms with van der Waals surface area (Å²) < 4.78 is 23.6. The van der Waals surface area contributed by atoms with Crippen LogP contribution in [0.5, 0.6) is 0 Å². The molecule has 0 fully saturated rings. The van der Waals surface area contributed by atoms with E-state index < -0.39 is 6.43 Å². The first-order chi connectivity index (χ1) is 6.74. The largest absolute Gasteiger partial charge is 0.367 e. The number of hydrogen-bond acceptors (Lipinski definition) is 4. The van der Waals surface area contributed by atoms with Crippen LogP contribution in [0.15, 0.2) is 12.3 Å². The summed E-state index contributed by atoms with van der Waals surface area (Å²) in [5.41, 5.74) is 0.300. The Labute approximate surface area is 79.6 Å². The van der Waals surface area contributed by atoms with Crippen LogP contribution in [0.2, 0.25) is 0 Å². The van der Waals surface area contributed by atoms with Crippen molar-refractivity contribution in [2.75, 3.05) is 11.9 Å². The molecule has 0 aliphatic rings. The van der Waals surface area contributed by atoms with Crippen LogP contribution in [0.3, 0.4) is 0 Å². The van der Waals surface area contributed by atoms with Gasteiger partial charge in [0.25, 0.3) is 0 Å². The third-order valence-corrected chi connectivity index (χ3v) is 1.50. The minimum absolute atomic E-state index is 0.0744. The normalized spacial score (nSPS) is 9.86. The zero-order valence-corrected chi connectivity index (χ0v) is 7.24. The molecule has 0 unspecified atom stereocenters. The van der Waals surface area contributed by atoms with E-state index in [1.54, 1.807) is 0 Å². The smallest absolute Gasteiger partial charge is 0.240 e. The number of alkyl halides is 2. The lowest BCUT2D eigenvalue weighted by molar-refractivity contribution is 0.142. The number of halogens is 2. The van der Waals surface area contributed by atoms with Crippen LogP contribution in [0.25, 0.3) is 0 Å². The van der Waals surface area contributed by atoms with E-state index in [0.717, 1.165) is 0 Å². The van der Waals surface area contributed by atoms with Crippen molar-refractivity contribution in [3.63, 3.8) is 0 Å². The summed E-state index contributed by atoms with van der Waals surface area (Å²) in [7, 11) is 0. The van der Waals surface area contributed by atoms with E-state index in [9.17, 15) is 8.78 Å². The molecule has 74 valence electrons. The molecule has 1 heterocycles. The standard InChI is InChI=1S/C8H8F2N4/c9-7(10)2-3-12-8-6(5-11)1-4-13-14-8/h1,4,7H,2-3H2,(H,12,14). The van der Waals surface area contributed by atoms with Crippen molar-refractivity contribution in [3.05, 3.63) is 17.8 Å². The van der Waals surface area contributed by atoms with E-state index in [1.807, 2.05) is 6.07 Å². The molecule has 1 N–H and O–H groups in total. The number of rotatable bonds is 4. The molecule has 0 aliphatic heterocycles. The van der Waals surface area contributed by atoms with Gasteiger partial charge in [-0.3, -0.25) is 0 Å². The van der Waals surface area contributed by atoms with Crippen LogP contribution < -0.4 is 5.32 Å². The SMILES string of the molecule is N#Cc1ccnnc1NCCC(F)F. The minimum atomic E-state index is -2.36. The maximum absolute atomic E-state index is 11.8. The van der Waals surface area contributed by atoms with Crippen molar-refractivity contribution >= 4 is 5.82 Å². The van der Waals surface area contributed by atoms with E-state index in [1.165, 1.54) is 12.3 Å².